The van der Waals surface area contributed by atoms with Crippen molar-refractivity contribution in [2.24, 2.45) is 0 Å². The van der Waals surface area contributed by atoms with E-state index in [1.54, 1.807) is 11.8 Å². The smallest absolute Gasteiger partial charge is 0.226 e. The maximum absolute atomic E-state index is 12.5. The van der Waals surface area contributed by atoms with E-state index in [0.29, 0.717) is 12.4 Å². The third-order valence-corrected chi connectivity index (χ3v) is 4.24. The first-order valence-electron chi connectivity index (χ1n) is 7.35. The molecule has 2 aromatic rings. The third kappa shape index (κ3) is 1.83. The molecule has 0 bridgehead atoms. The summed E-state index contributed by atoms with van der Waals surface area (Å²) in [4.78, 5) is 16.8. The summed E-state index contributed by atoms with van der Waals surface area (Å²) in [7, 11) is 1.64. The number of carbonyl (C=O) groups excluding carboxylic acids is 1. The van der Waals surface area contributed by atoms with Gasteiger partial charge in [-0.1, -0.05) is 18.2 Å². The minimum absolute atomic E-state index is 0.172. The van der Waals surface area contributed by atoms with E-state index in [4.69, 9.17) is 4.74 Å². The molecular weight excluding hydrogens is 280 g/mol. The van der Waals surface area contributed by atoms with E-state index in [9.17, 15) is 4.79 Å². The van der Waals surface area contributed by atoms with Gasteiger partial charge in [0.1, 0.15) is 18.1 Å². The average molecular weight is 296 g/mol. The summed E-state index contributed by atoms with van der Waals surface area (Å²) in [6.07, 6.45) is 3.82. The van der Waals surface area contributed by atoms with Gasteiger partial charge in [-0.3, -0.25) is 4.79 Å². The van der Waals surface area contributed by atoms with Gasteiger partial charge in [0.15, 0.2) is 5.78 Å². The molecule has 1 aromatic heterocycles. The fourth-order valence-electron chi connectivity index (χ4n) is 3.28. The number of anilines is 1. The van der Waals surface area contributed by atoms with Gasteiger partial charge in [-0.05, 0) is 18.9 Å². The van der Waals surface area contributed by atoms with Gasteiger partial charge in [0.25, 0.3) is 0 Å². The Bertz CT molecular complexity index is 778. The minimum Gasteiger partial charge on any atom is -0.496 e. The first kappa shape index (κ1) is 13.1. The highest BCUT2D eigenvalue weighted by Crippen LogP contribution is 2.42. The second-order valence-corrected chi connectivity index (χ2v) is 5.47. The van der Waals surface area contributed by atoms with Crippen molar-refractivity contribution in [1.29, 1.82) is 0 Å². The number of hydrogen-bond donors (Lipinski definition) is 1. The van der Waals surface area contributed by atoms with Crippen LogP contribution in [0.1, 0.15) is 30.9 Å². The Labute approximate surface area is 127 Å². The SMILES string of the molecule is COc1ccccc1[C@@H]1C2=C(CCCC2=O)Nc2ncnn21. The summed E-state index contributed by atoms with van der Waals surface area (Å²) in [6.45, 7) is 0. The highest BCUT2D eigenvalue weighted by atomic mass is 16.5. The van der Waals surface area contributed by atoms with Crippen molar-refractivity contribution < 1.29 is 9.53 Å². The molecule has 0 amide bonds. The zero-order valence-corrected chi connectivity index (χ0v) is 12.2. The predicted octanol–water partition coefficient (Wildman–Crippen LogP) is 2.31. The maximum atomic E-state index is 12.5. The van der Waals surface area contributed by atoms with Gasteiger partial charge in [0.2, 0.25) is 5.95 Å². The molecule has 112 valence electrons. The molecule has 1 aliphatic heterocycles. The second kappa shape index (κ2) is 4.98. The lowest BCUT2D eigenvalue weighted by Crippen LogP contribution is -2.31. The standard InChI is InChI=1S/C16H16N4O2/c1-22-13-8-3-2-5-10(13)15-14-11(6-4-7-12(14)21)19-16-17-9-18-20(15)16/h2-3,5,8-9,15H,4,6-7H2,1H3,(H,17,18,19)/t15-/m1/s1. The Hall–Kier alpha value is -2.63. The molecule has 22 heavy (non-hydrogen) atoms. The van der Waals surface area contributed by atoms with Crippen LogP contribution < -0.4 is 10.1 Å². The number of ether oxygens (including phenoxy) is 1. The van der Waals surface area contributed by atoms with E-state index in [2.05, 4.69) is 15.4 Å². The number of fused-ring (bicyclic) bond motifs is 1. The molecule has 0 spiro atoms. The van der Waals surface area contributed by atoms with Crippen molar-refractivity contribution in [3.8, 4) is 5.75 Å². The highest BCUT2D eigenvalue weighted by Gasteiger charge is 2.37. The minimum atomic E-state index is -0.280. The lowest BCUT2D eigenvalue weighted by atomic mass is 9.85. The summed E-state index contributed by atoms with van der Waals surface area (Å²) < 4.78 is 7.25. The molecule has 0 radical (unpaired) electrons. The number of Topliss-reactive ketones (excluding diaryl/α,β-unsaturated/α-hetero) is 1. The summed E-state index contributed by atoms with van der Waals surface area (Å²) in [5.41, 5.74) is 2.68. The quantitative estimate of drug-likeness (QED) is 0.921. The molecule has 6 nitrogen and oxygen atoms in total. The van der Waals surface area contributed by atoms with Crippen molar-refractivity contribution >= 4 is 11.7 Å². The molecule has 0 saturated heterocycles. The van der Waals surface area contributed by atoms with Crippen LogP contribution in [0.25, 0.3) is 0 Å². The van der Waals surface area contributed by atoms with E-state index in [1.807, 2.05) is 24.3 Å². The van der Waals surface area contributed by atoms with Crippen LogP contribution in [-0.4, -0.2) is 27.7 Å². The molecule has 1 atom stereocenters. The van der Waals surface area contributed by atoms with Crippen LogP contribution in [0.15, 0.2) is 41.9 Å². The number of nitrogens with one attached hydrogen (secondary N) is 1. The number of methoxy groups -OCH3 is 1. The van der Waals surface area contributed by atoms with Crippen LogP contribution in [0, 0.1) is 0 Å². The number of carbonyl (C=O) groups is 1. The van der Waals surface area contributed by atoms with Crippen molar-refractivity contribution in [3.05, 3.63) is 47.4 Å². The van der Waals surface area contributed by atoms with Crippen molar-refractivity contribution in [2.75, 3.05) is 12.4 Å². The Morgan fingerprint density at radius 1 is 1.32 bits per heavy atom. The number of ketones is 1. The Morgan fingerprint density at radius 2 is 2.18 bits per heavy atom. The van der Waals surface area contributed by atoms with E-state index < -0.39 is 0 Å². The number of allylic oxidation sites excluding steroid dienone is 2. The highest BCUT2D eigenvalue weighted by molar-refractivity contribution is 5.99. The van der Waals surface area contributed by atoms with Gasteiger partial charge in [-0.15, -0.1) is 0 Å². The number of para-hydroxylation sites is 1. The Morgan fingerprint density at radius 3 is 3.05 bits per heavy atom. The summed E-state index contributed by atoms with van der Waals surface area (Å²) in [6, 6.07) is 7.47. The average Bonchev–Trinajstić information content (AvgIpc) is 3.01. The van der Waals surface area contributed by atoms with Crippen LogP contribution >= 0.6 is 0 Å². The van der Waals surface area contributed by atoms with Crippen LogP contribution in [0.5, 0.6) is 5.75 Å². The molecule has 4 rings (SSSR count). The first-order valence-corrected chi connectivity index (χ1v) is 7.35. The number of aromatic nitrogens is 3. The zero-order chi connectivity index (χ0) is 15.1. The lowest BCUT2D eigenvalue weighted by Gasteiger charge is -2.32. The van der Waals surface area contributed by atoms with Gasteiger partial charge in [-0.25, -0.2) is 4.68 Å². The molecule has 0 unspecified atom stereocenters. The zero-order valence-electron chi connectivity index (χ0n) is 12.2. The van der Waals surface area contributed by atoms with Crippen LogP contribution in [0.3, 0.4) is 0 Å². The summed E-state index contributed by atoms with van der Waals surface area (Å²) in [5.74, 6) is 1.59. The van der Waals surface area contributed by atoms with Crippen molar-refractivity contribution in [2.45, 2.75) is 25.3 Å². The van der Waals surface area contributed by atoms with E-state index in [-0.39, 0.29) is 11.8 Å². The second-order valence-electron chi connectivity index (χ2n) is 5.47. The fourth-order valence-corrected chi connectivity index (χ4v) is 3.28. The molecule has 0 fully saturated rings. The number of nitrogens with zero attached hydrogens (tertiary/aromatic N) is 3. The molecule has 1 aliphatic carbocycles. The number of hydrogen-bond acceptors (Lipinski definition) is 5. The van der Waals surface area contributed by atoms with Gasteiger partial charge in [-0.2, -0.15) is 10.1 Å². The van der Waals surface area contributed by atoms with E-state index in [0.717, 1.165) is 35.4 Å². The first-order chi connectivity index (χ1) is 10.8. The maximum Gasteiger partial charge on any atom is 0.226 e. The summed E-state index contributed by atoms with van der Waals surface area (Å²) >= 11 is 0. The topological polar surface area (TPSA) is 69.0 Å². The Kier molecular flexibility index (Phi) is 2.96. The number of rotatable bonds is 2. The predicted molar refractivity (Wildman–Crippen MR) is 80.7 cm³/mol. The van der Waals surface area contributed by atoms with Gasteiger partial charge >= 0.3 is 0 Å². The van der Waals surface area contributed by atoms with Gasteiger partial charge in [0.05, 0.1) is 7.11 Å². The van der Waals surface area contributed by atoms with Crippen LogP contribution in [-0.2, 0) is 4.79 Å². The van der Waals surface area contributed by atoms with Crippen LogP contribution in [0.4, 0.5) is 5.95 Å². The van der Waals surface area contributed by atoms with Crippen molar-refractivity contribution in [3.63, 3.8) is 0 Å². The fraction of sp³-hybridized carbons (Fsp3) is 0.312. The van der Waals surface area contributed by atoms with E-state index >= 15 is 0 Å². The van der Waals surface area contributed by atoms with Crippen LogP contribution in [0.2, 0.25) is 0 Å². The molecule has 1 N–H and O–H groups in total. The van der Waals surface area contributed by atoms with Gasteiger partial charge in [0, 0.05) is 23.3 Å². The largest absolute Gasteiger partial charge is 0.496 e. The molecule has 1 aromatic carbocycles. The molecule has 2 heterocycles. The summed E-state index contributed by atoms with van der Waals surface area (Å²) in [5, 5.41) is 7.57. The van der Waals surface area contributed by atoms with Crippen molar-refractivity contribution in [1.82, 2.24) is 14.8 Å². The Balaban J connectivity index is 1.95. The normalized spacial score (nSPS) is 20.2. The molecular formula is C16H16N4O2. The van der Waals surface area contributed by atoms with E-state index in [1.165, 1.54) is 6.33 Å². The van der Waals surface area contributed by atoms with Gasteiger partial charge < -0.3 is 10.1 Å². The molecule has 2 aliphatic rings. The number of benzene rings is 1. The lowest BCUT2D eigenvalue weighted by molar-refractivity contribution is -0.116. The third-order valence-electron chi connectivity index (χ3n) is 4.24. The molecule has 6 heteroatoms. The molecule has 0 saturated carbocycles. The monoisotopic (exact) mass is 296 g/mol.